The number of allylic oxidation sites excluding steroid dienone is 2. The lowest BCUT2D eigenvalue weighted by Gasteiger charge is -2.31. The molecule has 2 aromatic carbocycles. The second-order valence-corrected chi connectivity index (χ2v) is 18.4. The first-order chi connectivity index (χ1) is 11.3. The van der Waals surface area contributed by atoms with Gasteiger partial charge in [0.25, 0.3) is 0 Å². The second kappa shape index (κ2) is 8.13. The van der Waals surface area contributed by atoms with Crippen molar-refractivity contribution < 1.29 is 0 Å². The van der Waals surface area contributed by atoms with Crippen LogP contribution in [-0.4, -0.2) is 16.1 Å². The second-order valence-electron chi connectivity index (χ2n) is 8.48. The molecule has 0 bridgehead atoms. The van der Waals surface area contributed by atoms with E-state index in [4.69, 9.17) is 0 Å². The summed E-state index contributed by atoms with van der Waals surface area (Å²) in [6.07, 6.45) is 4.90. The predicted octanol–water partition coefficient (Wildman–Crippen LogP) is 6.04. The van der Waals surface area contributed by atoms with Gasteiger partial charge >= 0.3 is 0 Å². The van der Waals surface area contributed by atoms with Crippen LogP contribution in [0.15, 0.2) is 71.9 Å². The highest BCUT2D eigenvalue weighted by Crippen LogP contribution is 2.26. The topological polar surface area (TPSA) is 0 Å². The molecule has 0 amide bonds. The van der Waals surface area contributed by atoms with Crippen molar-refractivity contribution in [2.75, 3.05) is 0 Å². The lowest BCUT2D eigenvalue weighted by atomic mass is 10.1. The van der Waals surface area contributed by atoms with Crippen LogP contribution in [0.3, 0.4) is 0 Å². The molecule has 0 heterocycles. The lowest BCUT2D eigenvalue weighted by Crippen LogP contribution is -2.45. The lowest BCUT2D eigenvalue weighted by molar-refractivity contribution is 0.994. The summed E-state index contributed by atoms with van der Waals surface area (Å²) >= 11 is 0. The Labute approximate surface area is 150 Å². The Bertz CT molecular complexity index is 649. The van der Waals surface area contributed by atoms with Crippen molar-refractivity contribution in [3.8, 4) is 0 Å². The first kappa shape index (κ1) is 18.9. The summed E-state index contributed by atoms with van der Waals surface area (Å²) < 4.78 is 0. The molecule has 24 heavy (non-hydrogen) atoms. The van der Waals surface area contributed by atoms with Gasteiger partial charge < -0.3 is 0 Å². The highest BCUT2D eigenvalue weighted by atomic mass is 28.3. The molecule has 0 nitrogen and oxygen atoms in total. The molecule has 0 radical (unpaired) electrons. The number of hydrogen-bond acceptors (Lipinski definition) is 0. The standard InChI is InChI=1S/C22H32Si2/c1-23(2,3)19-22(18-12-15-20-13-8-6-9-14-20)24(4,5)21-16-10-7-11-17-21/h6-11,13-14,16-18H,12,15,19H2,1-5H3/b22-18-. The van der Waals surface area contributed by atoms with E-state index >= 15 is 0 Å². The molecule has 2 aromatic rings. The molecule has 2 rings (SSSR count). The summed E-state index contributed by atoms with van der Waals surface area (Å²) in [7, 11) is -2.69. The van der Waals surface area contributed by atoms with E-state index in [0.717, 1.165) is 12.8 Å². The van der Waals surface area contributed by atoms with E-state index in [-0.39, 0.29) is 0 Å². The molecular weight excluding hydrogens is 320 g/mol. The monoisotopic (exact) mass is 352 g/mol. The average molecular weight is 353 g/mol. The Morgan fingerprint density at radius 3 is 1.88 bits per heavy atom. The van der Waals surface area contributed by atoms with Crippen LogP contribution in [0.5, 0.6) is 0 Å². The zero-order chi connectivity index (χ0) is 17.6. The first-order valence-corrected chi connectivity index (χ1v) is 15.8. The third-order valence-corrected chi connectivity index (χ3v) is 10.2. The summed E-state index contributed by atoms with van der Waals surface area (Å²) in [4.78, 5) is 0. The third-order valence-electron chi connectivity index (χ3n) is 4.69. The van der Waals surface area contributed by atoms with Gasteiger partial charge in [-0.15, -0.1) is 0 Å². The molecule has 0 saturated carbocycles. The maximum Gasteiger partial charge on any atom is 0.106 e. The highest BCUT2D eigenvalue weighted by Gasteiger charge is 2.31. The van der Waals surface area contributed by atoms with Crippen molar-refractivity contribution in [3.05, 3.63) is 77.5 Å². The van der Waals surface area contributed by atoms with Gasteiger partial charge in [-0.3, -0.25) is 0 Å². The Balaban J connectivity index is 2.22. The molecule has 2 heteroatoms. The van der Waals surface area contributed by atoms with Crippen molar-refractivity contribution in [2.45, 2.75) is 51.6 Å². The predicted molar refractivity (Wildman–Crippen MR) is 115 cm³/mol. The summed E-state index contributed by atoms with van der Waals surface area (Å²) in [5.74, 6) is 0. The maximum atomic E-state index is 2.59. The van der Waals surface area contributed by atoms with Crippen LogP contribution in [-0.2, 0) is 6.42 Å². The Hall–Kier alpha value is -1.39. The molecule has 128 valence electrons. The molecule has 0 unspecified atom stereocenters. The van der Waals surface area contributed by atoms with Crippen LogP contribution >= 0.6 is 0 Å². The molecule has 0 aliphatic heterocycles. The van der Waals surface area contributed by atoms with Crippen molar-refractivity contribution >= 4 is 21.3 Å². The van der Waals surface area contributed by atoms with Crippen molar-refractivity contribution in [3.63, 3.8) is 0 Å². The summed E-state index contributed by atoms with van der Waals surface area (Å²) in [5, 5.41) is 3.32. The van der Waals surface area contributed by atoms with E-state index in [0.29, 0.717) is 0 Å². The zero-order valence-electron chi connectivity index (χ0n) is 16.0. The van der Waals surface area contributed by atoms with Crippen LogP contribution in [0, 0.1) is 0 Å². The molecule has 0 aromatic heterocycles. The van der Waals surface area contributed by atoms with Crippen LogP contribution in [0.4, 0.5) is 0 Å². The van der Waals surface area contributed by atoms with Gasteiger partial charge in [0.05, 0.1) is 0 Å². The largest absolute Gasteiger partial charge is 0.106 e. The van der Waals surface area contributed by atoms with E-state index in [1.54, 1.807) is 10.4 Å². The molecule has 0 aliphatic carbocycles. The first-order valence-electron chi connectivity index (χ1n) is 9.08. The van der Waals surface area contributed by atoms with Crippen LogP contribution in [0.25, 0.3) is 0 Å². The van der Waals surface area contributed by atoms with Crippen molar-refractivity contribution in [1.82, 2.24) is 0 Å². The molecule has 0 spiro atoms. The number of aryl methyl sites for hydroxylation is 1. The zero-order valence-corrected chi connectivity index (χ0v) is 18.0. The van der Waals surface area contributed by atoms with Gasteiger partial charge in [0.15, 0.2) is 0 Å². The molecule has 0 aliphatic rings. The minimum atomic E-state index is -1.56. The third kappa shape index (κ3) is 5.61. The van der Waals surface area contributed by atoms with E-state index in [9.17, 15) is 0 Å². The quantitative estimate of drug-likeness (QED) is 0.533. The number of benzene rings is 2. The van der Waals surface area contributed by atoms with Gasteiger partial charge in [-0.1, -0.05) is 110 Å². The van der Waals surface area contributed by atoms with Gasteiger partial charge in [-0.05, 0) is 24.4 Å². The van der Waals surface area contributed by atoms with Crippen LogP contribution in [0.1, 0.15) is 12.0 Å². The summed E-state index contributed by atoms with van der Waals surface area (Å²) in [6.45, 7) is 12.5. The van der Waals surface area contributed by atoms with Crippen LogP contribution < -0.4 is 5.19 Å². The average Bonchev–Trinajstić information content (AvgIpc) is 2.54. The van der Waals surface area contributed by atoms with E-state index in [1.165, 1.54) is 11.6 Å². The summed E-state index contributed by atoms with van der Waals surface area (Å²) in [6, 6.07) is 23.4. The SMILES string of the molecule is C[Si](C)(C)C/C(=C/CCc1ccccc1)[Si](C)(C)c1ccccc1. The maximum absolute atomic E-state index is 2.59. The minimum absolute atomic E-state index is 1.13. The molecule has 0 N–H and O–H groups in total. The number of hydrogen-bond donors (Lipinski definition) is 0. The smallest absolute Gasteiger partial charge is 0.0888 e. The van der Waals surface area contributed by atoms with E-state index in [2.05, 4.69) is 99.5 Å². The Morgan fingerprint density at radius 2 is 1.33 bits per heavy atom. The highest BCUT2D eigenvalue weighted by molar-refractivity contribution is 6.97. The number of rotatable bonds is 7. The molecule has 0 saturated heterocycles. The fraction of sp³-hybridized carbons (Fsp3) is 0.364. The van der Waals surface area contributed by atoms with Gasteiger partial charge in [0.2, 0.25) is 0 Å². The fourth-order valence-electron chi connectivity index (χ4n) is 3.22. The van der Waals surface area contributed by atoms with Gasteiger partial charge in [0, 0.05) is 8.07 Å². The molecule has 0 fully saturated rings. The minimum Gasteiger partial charge on any atom is -0.0888 e. The van der Waals surface area contributed by atoms with E-state index < -0.39 is 16.1 Å². The summed E-state index contributed by atoms with van der Waals surface area (Å²) in [5.41, 5.74) is 1.44. The van der Waals surface area contributed by atoms with Gasteiger partial charge in [0.1, 0.15) is 8.07 Å². The van der Waals surface area contributed by atoms with E-state index in [1.807, 2.05) is 0 Å². The fourth-order valence-corrected chi connectivity index (χ4v) is 9.91. The van der Waals surface area contributed by atoms with Gasteiger partial charge in [-0.25, -0.2) is 0 Å². The normalized spacial score (nSPS) is 13.1. The Kier molecular flexibility index (Phi) is 6.42. The van der Waals surface area contributed by atoms with Crippen LogP contribution in [0.2, 0.25) is 38.8 Å². The van der Waals surface area contributed by atoms with Crippen molar-refractivity contribution in [2.24, 2.45) is 0 Å². The molecule has 0 atom stereocenters. The Morgan fingerprint density at radius 1 is 0.792 bits per heavy atom. The molecular formula is C22H32Si2. The van der Waals surface area contributed by atoms with Gasteiger partial charge in [-0.2, -0.15) is 0 Å². The van der Waals surface area contributed by atoms with Crippen molar-refractivity contribution in [1.29, 1.82) is 0 Å².